The number of hydrogen-bond donors (Lipinski definition) is 2. The van der Waals surface area contributed by atoms with E-state index in [2.05, 4.69) is 26.6 Å². The summed E-state index contributed by atoms with van der Waals surface area (Å²) in [6.07, 6.45) is 1.96. The zero-order valence-corrected chi connectivity index (χ0v) is 18.3. The van der Waals surface area contributed by atoms with Gasteiger partial charge >= 0.3 is 0 Å². The van der Waals surface area contributed by atoms with Crippen molar-refractivity contribution >= 4 is 45.0 Å². The normalized spacial score (nSPS) is 17.0. The predicted molar refractivity (Wildman–Crippen MR) is 117 cm³/mol. The average molecular weight is 472 g/mol. The van der Waals surface area contributed by atoms with Crippen LogP contribution in [0.3, 0.4) is 0 Å². The van der Waals surface area contributed by atoms with Crippen molar-refractivity contribution in [3.8, 4) is 5.75 Å². The molecule has 2 N–H and O–H groups in total. The van der Waals surface area contributed by atoms with Gasteiger partial charge in [-0.15, -0.1) is 0 Å². The smallest absolute Gasteiger partial charge is 0.271 e. The molecule has 1 heterocycles. The van der Waals surface area contributed by atoms with Crippen LogP contribution in [-0.2, 0) is 9.59 Å². The number of halogens is 1. The summed E-state index contributed by atoms with van der Waals surface area (Å²) < 4.78 is 6.59. The lowest BCUT2D eigenvalue weighted by Crippen LogP contribution is -2.54. The minimum Gasteiger partial charge on any atom is -0.476 e. The first kappa shape index (κ1) is 20.4. The third-order valence-electron chi connectivity index (χ3n) is 5.00. The van der Waals surface area contributed by atoms with Crippen molar-refractivity contribution in [3.05, 3.63) is 52.5 Å². The van der Waals surface area contributed by atoms with Crippen LogP contribution >= 0.6 is 15.9 Å². The topological polar surface area (TPSA) is 87.7 Å². The van der Waals surface area contributed by atoms with Gasteiger partial charge < -0.3 is 15.4 Å². The minimum atomic E-state index is -1.13. The number of anilines is 2. The van der Waals surface area contributed by atoms with Gasteiger partial charge in [-0.2, -0.15) is 0 Å². The number of ether oxygens (including phenoxy) is 1. The number of fused-ring (bicyclic) bond motifs is 1. The molecule has 1 aliphatic carbocycles. The Morgan fingerprint density at radius 3 is 2.63 bits per heavy atom. The fourth-order valence-corrected chi connectivity index (χ4v) is 3.64. The van der Waals surface area contributed by atoms with Gasteiger partial charge in [0.1, 0.15) is 12.3 Å². The molecule has 3 amide bonds. The number of nitrogens with one attached hydrogen (secondary N) is 2. The Bertz CT molecular complexity index is 1030. The fourth-order valence-electron chi connectivity index (χ4n) is 3.26. The quantitative estimate of drug-likeness (QED) is 0.698. The van der Waals surface area contributed by atoms with E-state index in [4.69, 9.17) is 4.74 Å². The highest BCUT2D eigenvalue weighted by molar-refractivity contribution is 9.10. The van der Waals surface area contributed by atoms with Crippen molar-refractivity contribution in [1.82, 2.24) is 5.32 Å². The molecule has 2 aromatic rings. The molecule has 30 heavy (non-hydrogen) atoms. The van der Waals surface area contributed by atoms with Crippen LogP contribution < -0.4 is 20.3 Å². The Morgan fingerprint density at radius 1 is 1.20 bits per heavy atom. The summed E-state index contributed by atoms with van der Waals surface area (Å²) >= 11 is 3.40. The number of nitrogens with zero attached hydrogens (tertiary/aromatic N) is 1. The highest BCUT2D eigenvalue weighted by atomic mass is 79.9. The zero-order chi connectivity index (χ0) is 21.5. The van der Waals surface area contributed by atoms with E-state index in [0.717, 1.165) is 17.3 Å². The van der Waals surface area contributed by atoms with Gasteiger partial charge in [0.15, 0.2) is 5.60 Å². The lowest BCUT2D eigenvalue weighted by atomic mass is 10.0. The molecule has 0 aromatic heterocycles. The van der Waals surface area contributed by atoms with E-state index in [-0.39, 0.29) is 30.3 Å². The van der Waals surface area contributed by atoms with Crippen LogP contribution in [0.15, 0.2) is 46.9 Å². The predicted octanol–water partition coefficient (Wildman–Crippen LogP) is 3.48. The summed E-state index contributed by atoms with van der Waals surface area (Å²) in [6.45, 7) is 3.11. The maximum absolute atomic E-state index is 13.0. The van der Waals surface area contributed by atoms with Gasteiger partial charge in [-0.05, 0) is 73.0 Å². The third kappa shape index (κ3) is 4.18. The monoisotopic (exact) mass is 471 g/mol. The van der Waals surface area contributed by atoms with Crippen molar-refractivity contribution in [3.63, 3.8) is 0 Å². The number of carbonyl (C=O) groups excluding carboxylic acids is 3. The molecule has 0 saturated heterocycles. The van der Waals surface area contributed by atoms with Gasteiger partial charge in [0.05, 0.1) is 11.4 Å². The molecule has 2 aliphatic rings. The molecule has 0 unspecified atom stereocenters. The molecule has 156 valence electrons. The molecule has 2 aromatic carbocycles. The second-order valence-corrected chi connectivity index (χ2v) is 8.82. The van der Waals surface area contributed by atoms with Crippen molar-refractivity contribution in [2.24, 2.45) is 0 Å². The van der Waals surface area contributed by atoms with Crippen molar-refractivity contribution in [2.75, 3.05) is 16.8 Å². The van der Waals surface area contributed by atoms with Crippen LogP contribution in [0.1, 0.15) is 37.0 Å². The molecule has 0 radical (unpaired) electrons. The van der Waals surface area contributed by atoms with E-state index < -0.39 is 5.60 Å². The number of benzene rings is 2. The van der Waals surface area contributed by atoms with Crippen molar-refractivity contribution in [1.29, 1.82) is 0 Å². The summed E-state index contributed by atoms with van der Waals surface area (Å²) in [5, 5.41) is 5.74. The van der Waals surface area contributed by atoms with Crippen LogP contribution in [0, 0.1) is 0 Å². The first-order valence-corrected chi connectivity index (χ1v) is 10.5. The summed E-state index contributed by atoms with van der Waals surface area (Å²) in [5.74, 6) is -0.449. The summed E-state index contributed by atoms with van der Waals surface area (Å²) in [5.41, 5.74) is 0.316. The van der Waals surface area contributed by atoms with Gasteiger partial charge in [-0.1, -0.05) is 12.1 Å². The van der Waals surface area contributed by atoms with E-state index in [0.29, 0.717) is 22.7 Å². The number of amides is 3. The number of rotatable bonds is 5. The molecule has 0 spiro atoms. The molecular formula is C22H22BrN3O4. The van der Waals surface area contributed by atoms with Crippen molar-refractivity contribution < 1.29 is 19.1 Å². The Kier molecular flexibility index (Phi) is 5.27. The van der Waals surface area contributed by atoms with Crippen LogP contribution in [0.4, 0.5) is 11.4 Å². The number of hydrogen-bond acceptors (Lipinski definition) is 4. The first-order chi connectivity index (χ1) is 14.2. The molecule has 4 rings (SSSR count). The minimum absolute atomic E-state index is 0.199. The molecule has 8 heteroatoms. The lowest BCUT2D eigenvalue weighted by molar-refractivity contribution is -0.133. The summed E-state index contributed by atoms with van der Waals surface area (Å²) in [4.78, 5) is 39.6. The van der Waals surface area contributed by atoms with Crippen LogP contribution in [0.25, 0.3) is 0 Å². The summed E-state index contributed by atoms with van der Waals surface area (Å²) in [7, 11) is 0. The maximum Gasteiger partial charge on any atom is 0.271 e. The molecule has 0 bridgehead atoms. The van der Waals surface area contributed by atoms with E-state index in [1.807, 2.05) is 18.2 Å². The highest BCUT2D eigenvalue weighted by Crippen LogP contribution is 2.38. The van der Waals surface area contributed by atoms with Crippen LogP contribution in [0.2, 0.25) is 0 Å². The molecular weight excluding hydrogens is 450 g/mol. The Balaban J connectivity index is 1.61. The van der Waals surface area contributed by atoms with E-state index in [1.165, 1.54) is 4.90 Å². The Hall–Kier alpha value is -2.87. The molecule has 1 fully saturated rings. The first-order valence-electron chi connectivity index (χ1n) is 9.75. The van der Waals surface area contributed by atoms with Gasteiger partial charge in [-0.3, -0.25) is 19.3 Å². The van der Waals surface area contributed by atoms with E-state index in [9.17, 15) is 14.4 Å². The Morgan fingerprint density at radius 2 is 1.93 bits per heavy atom. The SMILES string of the molecule is CC1(C)Oc2ccc(C(=O)NC3CC3)cc2N(CC(=O)Nc2ccccc2Br)C1=O. The van der Waals surface area contributed by atoms with Crippen LogP contribution in [-0.4, -0.2) is 35.9 Å². The van der Waals surface area contributed by atoms with Crippen molar-refractivity contribution in [2.45, 2.75) is 38.3 Å². The number of para-hydroxylation sites is 1. The van der Waals surface area contributed by atoms with Gasteiger partial charge in [0.2, 0.25) is 5.91 Å². The highest BCUT2D eigenvalue weighted by Gasteiger charge is 2.42. The third-order valence-corrected chi connectivity index (χ3v) is 5.69. The molecule has 1 aliphatic heterocycles. The van der Waals surface area contributed by atoms with E-state index in [1.54, 1.807) is 38.1 Å². The molecule has 1 saturated carbocycles. The average Bonchev–Trinajstić information content (AvgIpc) is 3.51. The maximum atomic E-state index is 13.0. The second kappa shape index (κ2) is 7.75. The largest absolute Gasteiger partial charge is 0.476 e. The number of carbonyl (C=O) groups is 3. The summed E-state index contributed by atoms with van der Waals surface area (Å²) in [6, 6.07) is 12.4. The molecule has 0 atom stereocenters. The lowest BCUT2D eigenvalue weighted by Gasteiger charge is -2.38. The molecule has 7 nitrogen and oxygen atoms in total. The van der Waals surface area contributed by atoms with Gasteiger partial charge in [0, 0.05) is 16.1 Å². The standard InChI is InChI=1S/C22H22BrN3O4/c1-22(2)21(29)26(12-19(27)25-16-6-4-3-5-15(16)23)17-11-13(7-10-18(17)30-22)20(28)24-14-8-9-14/h3-7,10-11,14H,8-9,12H2,1-2H3,(H,24,28)(H,25,27). The van der Waals surface area contributed by atoms with Crippen LogP contribution in [0.5, 0.6) is 5.75 Å². The fraction of sp³-hybridized carbons (Fsp3) is 0.318. The Labute approximate surface area is 182 Å². The zero-order valence-electron chi connectivity index (χ0n) is 16.7. The van der Waals surface area contributed by atoms with E-state index >= 15 is 0 Å². The van der Waals surface area contributed by atoms with Gasteiger partial charge in [-0.25, -0.2) is 0 Å². The second-order valence-electron chi connectivity index (χ2n) is 7.96. The van der Waals surface area contributed by atoms with Gasteiger partial charge in [0.25, 0.3) is 11.8 Å².